The second kappa shape index (κ2) is 11.7. The summed E-state index contributed by atoms with van der Waals surface area (Å²) < 4.78 is 0. The number of unbranched alkanes of at least 4 members (excludes halogenated alkanes) is 5. The smallest absolute Gasteiger partial charge is 0.138 e. The van der Waals surface area contributed by atoms with E-state index in [9.17, 15) is 0 Å². The molecule has 0 amide bonds. The first-order valence-corrected chi connectivity index (χ1v) is 12.8. The van der Waals surface area contributed by atoms with Crippen molar-refractivity contribution < 1.29 is 0 Å². The predicted molar refractivity (Wildman–Crippen MR) is 143 cm³/mol. The van der Waals surface area contributed by atoms with Crippen LogP contribution in [0.15, 0.2) is 79.4 Å². The summed E-state index contributed by atoms with van der Waals surface area (Å²) in [5, 5.41) is 10.8. The lowest BCUT2D eigenvalue weighted by molar-refractivity contribution is 0.607. The van der Waals surface area contributed by atoms with Gasteiger partial charge in [-0.2, -0.15) is 0 Å². The van der Waals surface area contributed by atoms with Crippen LogP contribution in [0, 0.1) is 0 Å². The third-order valence-corrected chi connectivity index (χ3v) is 7.08. The number of benzene rings is 3. The quantitative estimate of drug-likeness (QED) is 0.212. The van der Waals surface area contributed by atoms with Crippen molar-refractivity contribution in [2.24, 2.45) is 0 Å². The van der Waals surface area contributed by atoms with E-state index in [0.29, 0.717) is 0 Å². The molecule has 2 nitrogen and oxygen atoms in total. The van der Waals surface area contributed by atoms with E-state index >= 15 is 0 Å². The third-order valence-electron chi connectivity index (χ3n) is 6.06. The van der Waals surface area contributed by atoms with Crippen LogP contribution < -0.4 is 0 Å². The Kier molecular flexibility index (Phi) is 8.21. The Morgan fingerprint density at radius 2 is 1.12 bits per heavy atom. The standard InChI is InChI=1S/C30H32N2S/c1-3-5-6-7-8-9-10-24-13-17-27(18-14-24)29-31-32-30(33-29)28-21-19-26(20-22-28)25-15-11-23(4-2)12-16-25/h4,11-22H,2-3,5-10H2,1H3. The third kappa shape index (κ3) is 6.27. The van der Waals surface area contributed by atoms with Gasteiger partial charge >= 0.3 is 0 Å². The molecule has 0 atom stereocenters. The van der Waals surface area contributed by atoms with Gasteiger partial charge < -0.3 is 0 Å². The topological polar surface area (TPSA) is 25.8 Å². The maximum atomic E-state index is 4.46. The Bertz CT molecular complexity index is 1140. The van der Waals surface area contributed by atoms with Gasteiger partial charge in [0.15, 0.2) is 0 Å². The van der Waals surface area contributed by atoms with Crippen LogP contribution in [-0.4, -0.2) is 10.2 Å². The van der Waals surface area contributed by atoms with Crippen LogP contribution >= 0.6 is 11.3 Å². The fourth-order valence-corrected chi connectivity index (χ4v) is 4.85. The molecule has 0 unspecified atom stereocenters. The molecule has 0 spiro atoms. The largest absolute Gasteiger partial charge is 0.148 e. The van der Waals surface area contributed by atoms with E-state index < -0.39 is 0 Å². The van der Waals surface area contributed by atoms with Gasteiger partial charge in [-0.3, -0.25) is 0 Å². The first-order valence-electron chi connectivity index (χ1n) is 12.0. The van der Waals surface area contributed by atoms with E-state index in [0.717, 1.165) is 33.1 Å². The highest BCUT2D eigenvalue weighted by molar-refractivity contribution is 7.17. The number of aromatic nitrogens is 2. The summed E-state index contributed by atoms with van der Waals surface area (Å²) in [5.74, 6) is 0. The summed E-state index contributed by atoms with van der Waals surface area (Å²) in [6.07, 6.45) is 11.1. The summed E-state index contributed by atoms with van der Waals surface area (Å²) in [4.78, 5) is 0. The van der Waals surface area contributed by atoms with Gasteiger partial charge in [-0.1, -0.05) is 136 Å². The zero-order valence-corrected chi connectivity index (χ0v) is 20.3. The number of hydrogen-bond donors (Lipinski definition) is 0. The van der Waals surface area contributed by atoms with Crippen LogP contribution in [0.25, 0.3) is 38.3 Å². The molecule has 0 aliphatic heterocycles. The maximum Gasteiger partial charge on any atom is 0.148 e. The van der Waals surface area contributed by atoms with Crippen LogP contribution in [0.4, 0.5) is 0 Å². The highest BCUT2D eigenvalue weighted by atomic mass is 32.1. The van der Waals surface area contributed by atoms with Gasteiger partial charge in [-0.15, -0.1) is 10.2 Å². The van der Waals surface area contributed by atoms with E-state index in [1.165, 1.54) is 55.2 Å². The van der Waals surface area contributed by atoms with Crippen molar-refractivity contribution in [1.29, 1.82) is 0 Å². The van der Waals surface area contributed by atoms with Gasteiger partial charge in [0, 0.05) is 11.1 Å². The van der Waals surface area contributed by atoms with Crippen molar-refractivity contribution in [3.63, 3.8) is 0 Å². The molecule has 0 N–H and O–H groups in total. The molecule has 0 aliphatic rings. The minimum absolute atomic E-state index is 0.953. The summed E-state index contributed by atoms with van der Waals surface area (Å²) >= 11 is 1.65. The SMILES string of the molecule is C=Cc1ccc(-c2ccc(-c3nnc(-c4ccc(CCCCCCCC)cc4)s3)cc2)cc1. The Morgan fingerprint density at radius 3 is 1.70 bits per heavy atom. The van der Waals surface area contributed by atoms with E-state index in [4.69, 9.17) is 0 Å². The lowest BCUT2D eigenvalue weighted by Crippen LogP contribution is -1.87. The maximum absolute atomic E-state index is 4.46. The zero-order chi connectivity index (χ0) is 22.9. The lowest BCUT2D eigenvalue weighted by Gasteiger charge is -2.04. The molecule has 0 saturated carbocycles. The number of hydrogen-bond acceptors (Lipinski definition) is 3. The number of nitrogens with zero attached hydrogens (tertiary/aromatic N) is 2. The zero-order valence-electron chi connectivity index (χ0n) is 19.5. The van der Waals surface area contributed by atoms with Crippen molar-refractivity contribution in [1.82, 2.24) is 10.2 Å². The molecule has 3 aromatic carbocycles. The average Bonchev–Trinajstić information content (AvgIpc) is 3.37. The van der Waals surface area contributed by atoms with Gasteiger partial charge in [0.05, 0.1) is 0 Å². The monoisotopic (exact) mass is 452 g/mol. The Labute approximate surface area is 202 Å². The molecule has 1 heterocycles. The van der Waals surface area contributed by atoms with Crippen molar-refractivity contribution >= 4 is 17.4 Å². The van der Waals surface area contributed by atoms with Gasteiger partial charge in [0.2, 0.25) is 0 Å². The molecule has 0 radical (unpaired) electrons. The fourth-order valence-electron chi connectivity index (χ4n) is 4.00. The molecular formula is C30H32N2S. The second-order valence-electron chi connectivity index (χ2n) is 8.53. The normalized spacial score (nSPS) is 10.9. The second-order valence-corrected chi connectivity index (χ2v) is 9.51. The molecule has 33 heavy (non-hydrogen) atoms. The molecule has 1 aromatic heterocycles. The summed E-state index contributed by atoms with van der Waals surface area (Å²) in [6, 6.07) is 25.9. The van der Waals surface area contributed by atoms with Crippen LogP contribution in [0.1, 0.15) is 56.6 Å². The van der Waals surface area contributed by atoms with Crippen LogP contribution in [0.2, 0.25) is 0 Å². The highest BCUT2D eigenvalue weighted by Gasteiger charge is 2.09. The fraction of sp³-hybridized carbons (Fsp3) is 0.267. The molecular weight excluding hydrogens is 420 g/mol. The van der Waals surface area contributed by atoms with Gasteiger partial charge in [0.25, 0.3) is 0 Å². The average molecular weight is 453 g/mol. The van der Waals surface area contributed by atoms with Crippen LogP contribution in [-0.2, 0) is 6.42 Å². The minimum atomic E-state index is 0.953. The van der Waals surface area contributed by atoms with Crippen LogP contribution in [0.5, 0.6) is 0 Å². The first kappa shape index (κ1) is 23.1. The summed E-state index contributed by atoms with van der Waals surface area (Å²) in [5.41, 5.74) is 7.18. The molecule has 0 bridgehead atoms. The van der Waals surface area contributed by atoms with Gasteiger partial charge in [-0.05, 0) is 35.1 Å². The van der Waals surface area contributed by atoms with Gasteiger partial charge in [-0.25, -0.2) is 0 Å². The number of aryl methyl sites for hydroxylation is 1. The Morgan fingerprint density at radius 1 is 0.636 bits per heavy atom. The van der Waals surface area contributed by atoms with E-state index in [2.05, 4.69) is 96.5 Å². The predicted octanol–water partition coefficient (Wildman–Crippen LogP) is 9.09. The van der Waals surface area contributed by atoms with E-state index in [1.54, 1.807) is 11.3 Å². The molecule has 4 rings (SSSR count). The first-order chi connectivity index (χ1) is 16.3. The Hall–Kier alpha value is -3.04. The van der Waals surface area contributed by atoms with E-state index in [1.807, 2.05) is 6.08 Å². The molecule has 168 valence electrons. The summed E-state index contributed by atoms with van der Waals surface area (Å²) in [7, 11) is 0. The van der Waals surface area contributed by atoms with Crippen LogP contribution in [0.3, 0.4) is 0 Å². The van der Waals surface area contributed by atoms with Crippen molar-refractivity contribution in [2.45, 2.75) is 51.9 Å². The number of rotatable bonds is 11. The molecule has 3 heteroatoms. The van der Waals surface area contributed by atoms with Crippen molar-refractivity contribution in [2.75, 3.05) is 0 Å². The van der Waals surface area contributed by atoms with Gasteiger partial charge in [0.1, 0.15) is 10.0 Å². The molecule has 0 fully saturated rings. The lowest BCUT2D eigenvalue weighted by atomic mass is 10.0. The minimum Gasteiger partial charge on any atom is -0.138 e. The Balaban J connectivity index is 1.36. The summed E-state index contributed by atoms with van der Waals surface area (Å²) in [6.45, 7) is 6.08. The van der Waals surface area contributed by atoms with E-state index in [-0.39, 0.29) is 0 Å². The van der Waals surface area contributed by atoms with Crippen molar-refractivity contribution in [3.05, 3.63) is 90.5 Å². The van der Waals surface area contributed by atoms with Crippen molar-refractivity contribution in [3.8, 4) is 32.3 Å². The molecule has 0 aliphatic carbocycles. The molecule has 0 saturated heterocycles. The highest BCUT2D eigenvalue weighted by Crippen LogP contribution is 2.31. The molecule has 4 aromatic rings.